The average molecular weight is 190 g/mol. The Hall–Kier alpha value is 0.300. The van der Waals surface area contributed by atoms with E-state index in [1.807, 2.05) is 0 Å². The van der Waals surface area contributed by atoms with Crippen molar-refractivity contribution in [3.63, 3.8) is 0 Å². The van der Waals surface area contributed by atoms with Crippen molar-refractivity contribution in [3.05, 3.63) is 0 Å². The monoisotopic (exact) mass is 190 g/mol. The minimum Gasteiger partial charge on any atom is -0.324 e. The van der Waals surface area contributed by atoms with Gasteiger partial charge in [-0.05, 0) is 6.92 Å². The lowest BCUT2D eigenvalue weighted by atomic mass is 11.0. The maximum Gasteiger partial charge on any atom is 0.340 e. The van der Waals surface area contributed by atoms with Crippen molar-refractivity contribution >= 4 is 15.2 Å². The first-order valence-electron chi connectivity index (χ1n) is 2.26. The molecule has 0 fully saturated rings. The molecule has 6 nitrogen and oxygen atoms in total. The molecule has 0 saturated carbocycles. The predicted molar refractivity (Wildman–Crippen MR) is 33.6 cm³/mol. The lowest BCUT2D eigenvalue weighted by Crippen LogP contribution is -2.02. The van der Waals surface area contributed by atoms with Gasteiger partial charge in [0.25, 0.3) is 0 Å². The third kappa shape index (κ3) is 2.92. The van der Waals surface area contributed by atoms with Gasteiger partial charge in [-0.15, -0.1) is 0 Å². The van der Waals surface area contributed by atoms with E-state index >= 15 is 0 Å². The van der Waals surface area contributed by atoms with Crippen LogP contribution >= 0.6 is 15.2 Å². The molecule has 0 bridgehead atoms. The van der Waals surface area contributed by atoms with Crippen LogP contribution in [-0.4, -0.2) is 25.0 Å². The molecule has 0 aliphatic heterocycles. The topological polar surface area (TPSA) is 115 Å². The molecule has 0 aromatic rings. The highest BCUT2D eigenvalue weighted by molar-refractivity contribution is 7.70. The van der Waals surface area contributed by atoms with Crippen LogP contribution in [0.4, 0.5) is 0 Å². The van der Waals surface area contributed by atoms with E-state index in [4.69, 9.17) is 19.6 Å². The smallest absolute Gasteiger partial charge is 0.324 e. The molecule has 4 N–H and O–H groups in total. The molecule has 0 radical (unpaired) electrons. The van der Waals surface area contributed by atoms with Gasteiger partial charge in [-0.2, -0.15) is 0 Å². The van der Waals surface area contributed by atoms with E-state index in [0.29, 0.717) is 0 Å². The highest BCUT2D eigenvalue weighted by atomic mass is 31.2. The molecule has 0 spiro atoms. The second-order valence-corrected chi connectivity index (χ2v) is 6.12. The van der Waals surface area contributed by atoms with E-state index in [1.54, 1.807) is 0 Å². The Morgan fingerprint density at radius 2 is 1.20 bits per heavy atom. The number of hydrogen-bond acceptors (Lipinski definition) is 2. The highest BCUT2D eigenvalue weighted by Crippen LogP contribution is 2.59. The van der Waals surface area contributed by atoms with Gasteiger partial charge < -0.3 is 19.6 Å². The molecule has 0 amide bonds. The second kappa shape index (κ2) is 2.74. The SMILES string of the molecule is CC(P(=O)(O)O)P(=O)(O)O. The van der Waals surface area contributed by atoms with Crippen molar-refractivity contribution in [2.45, 2.75) is 12.3 Å². The largest absolute Gasteiger partial charge is 0.340 e. The Morgan fingerprint density at radius 1 is 1.00 bits per heavy atom. The number of hydrogen-bond donors (Lipinski definition) is 4. The second-order valence-electron chi connectivity index (χ2n) is 1.81. The van der Waals surface area contributed by atoms with Gasteiger partial charge >= 0.3 is 15.2 Å². The van der Waals surface area contributed by atoms with Crippen LogP contribution in [-0.2, 0) is 9.13 Å². The zero-order valence-electron chi connectivity index (χ0n) is 5.08. The average Bonchev–Trinajstić information content (AvgIpc) is 1.59. The van der Waals surface area contributed by atoms with Crippen LogP contribution in [0.3, 0.4) is 0 Å². The van der Waals surface area contributed by atoms with E-state index in [0.717, 1.165) is 6.92 Å². The third-order valence-corrected chi connectivity index (χ3v) is 4.73. The minimum absolute atomic E-state index is 0.807. The molecule has 0 heterocycles. The van der Waals surface area contributed by atoms with Gasteiger partial charge in [-0.3, -0.25) is 9.13 Å². The molecule has 0 aliphatic carbocycles. The minimum atomic E-state index is -4.64. The van der Waals surface area contributed by atoms with Crippen LogP contribution in [0.15, 0.2) is 0 Å². The zero-order chi connectivity index (χ0) is 8.58. The first-order chi connectivity index (χ1) is 4.15. The Bertz CT molecular complexity index is 176. The summed E-state index contributed by atoms with van der Waals surface area (Å²) in [6.45, 7) is 0.807. The van der Waals surface area contributed by atoms with Crippen LogP contribution in [0.5, 0.6) is 0 Å². The van der Waals surface area contributed by atoms with Crippen molar-refractivity contribution in [2.24, 2.45) is 0 Å². The standard InChI is InChI=1S/C2H8O6P2/c1-2(9(3,4)5)10(6,7)8/h2H,1H3,(H2,3,4,5)(H2,6,7,8). The molecule has 0 aliphatic rings. The predicted octanol–water partition coefficient (Wildman–Crippen LogP) is -0.312. The summed E-state index contributed by atoms with van der Waals surface area (Å²) in [6.07, 6.45) is 0. The molecule has 0 rings (SSSR count). The van der Waals surface area contributed by atoms with E-state index in [-0.39, 0.29) is 0 Å². The third-order valence-electron chi connectivity index (χ3n) is 0.974. The van der Waals surface area contributed by atoms with Gasteiger partial charge in [-0.25, -0.2) is 0 Å². The molecular weight excluding hydrogens is 182 g/mol. The molecule has 62 valence electrons. The van der Waals surface area contributed by atoms with Crippen LogP contribution in [0.2, 0.25) is 0 Å². The van der Waals surface area contributed by atoms with Gasteiger partial charge in [0.1, 0.15) is 0 Å². The van der Waals surface area contributed by atoms with Gasteiger partial charge in [0.2, 0.25) is 0 Å². The Kier molecular flexibility index (Phi) is 2.82. The summed E-state index contributed by atoms with van der Waals surface area (Å²) >= 11 is 0. The molecule has 0 atom stereocenters. The van der Waals surface area contributed by atoms with Crippen molar-refractivity contribution < 1.29 is 28.7 Å². The fraction of sp³-hybridized carbons (Fsp3) is 1.00. The molecular formula is C2H8O6P2. The van der Waals surface area contributed by atoms with Gasteiger partial charge in [0.05, 0.1) is 0 Å². The lowest BCUT2D eigenvalue weighted by Gasteiger charge is -2.13. The first kappa shape index (κ1) is 10.3. The van der Waals surface area contributed by atoms with E-state index in [2.05, 4.69) is 0 Å². The summed E-state index contributed by atoms with van der Waals surface area (Å²) in [5.74, 6) is 0. The Labute approximate surface area is 57.2 Å². The lowest BCUT2D eigenvalue weighted by molar-refractivity contribution is 0.342. The van der Waals surface area contributed by atoms with Crippen molar-refractivity contribution in [2.75, 3.05) is 0 Å². The maximum absolute atomic E-state index is 10.2. The van der Waals surface area contributed by atoms with Gasteiger partial charge in [0, 0.05) is 0 Å². The summed E-state index contributed by atoms with van der Waals surface area (Å²) in [7, 11) is -9.28. The quantitative estimate of drug-likeness (QED) is 0.444. The fourth-order valence-electron chi connectivity index (χ4n) is 0.196. The Balaban J connectivity index is 4.56. The van der Waals surface area contributed by atoms with Crippen LogP contribution in [0.1, 0.15) is 6.92 Å². The highest BCUT2D eigenvalue weighted by Gasteiger charge is 2.38. The molecule has 0 aromatic carbocycles. The zero-order valence-corrected chi connectivity index (χ0v) is 6.87. The van der Waals surface area contributed by atoms with Crippen LogP contribution < -0.4 is 0 Å². The normalized spacial score (nSPS) is 14.2. The summed E-state index contributed by atoms with van der Waals surface area (Å²) in [5.41, 5.74) is 0. The molecule has 0 saturated heterocycles. The molecule has 0 unspecified atom stereocenters. The molecule has 0 aromatic heterocycles. The fourth-order valence-corrected chi connectivity index (χ4v) is 1.76. The maximum atomic E-state index is 10.2. The molecule has 8 heteroatoms. The van der Waals surface area contributed by atoms with Gasteiger partial charge in [0.15, 0.2) is 5.40 Å². The first-order valence-corrected chi connectivity index (χ1v) is 5.62. The summed E-state index contributed by atoms with van der Waals surface area (Å²) in [6, 6.07) is 0. The summed E-state index contributed by atoms with van der Waals surface area (Å²) < 4.78 is 20.4. The van der Waals surface area contributed by atoms with Crippen LogP contribution in [0.25, 0.3) is 0 Å². The van der Waals surface area contributed by atoms with E-state index in [1.165, 1.54) is 0 Å². The summed E-state index contributed by atoms with van der Waals surface area (Å²) in [4.78, 5) is 33.0. The van der Waals surface area contributed by atoms with Crippen molar-refractivity contribution in [1.82, 2.24) is 0 Å². The number of rotatable bonds is 2. The van der Waals surface area contributed by atoms with Crippen molar-refractivity contribution in [3.8, 4) is 0 Å². The van der Waals surface area contributed by atoms with Crippen LogP contribution in [0, 0.1) is 0 Å². The van der Waals surface area contributed by atoms with Gasteiger partial charge in [-0.1, -0.05) is 0 Å². The van der Waals surface area contributed by atoms with E-state index in [9.17, 15) is 9.13 Å². The van der Waals surface area contributed by atoms with Crippen molar-refractivity contribution in [1.29, 1.82) is 0 Å². The Morgan fingerprint density at radius 3 is 1.20 bits per heavy atom. The summed E-state index contributed by atoms with van der Waals surface area (Å²) in [5, 5.41) is -1.90. The molecule has 10 heavy (non-hydrogen) atoms. The van der Waals surface area contributed by atoms with E-state index < -0.39 is 20.6 Å².